The summed E-state index contributed by atoms with van der Waals surface area (Å²) in [4.78, 5) is 0. The summed E-state index contributed by atoms with van der Waals surface area (Å²) in [6.45, 7) is 5.70. The van der Waals surface area contributed by atoms with Gasteiger partial charge in [-0.15, -0.1) is 0 Å². The van der Waals surface area contributed by atoms with Crippen LogP contribution in [0.5, 0.6) is 5.75 Å². The maximum absolute atomic E-state index is 5.78. The largest absolute Gasteiger partial charge is 0.486 e. The Morgan fingerprint density at radius 2 is 1.95 bits per heavy atom. The third-order valence-electron chi connectivity index (χ3n) is 3.64. The molecule has 1 N–H and O–H groups in total. The maximum atomic E-state index is 5.78. The van der Waals surface area contributed by atoms with Crippen molar-refractivity contribution in [3.63, 3.8) is 0 Å². The van der Waals surface area contributed by atoms with Gasteiger partial charge >= 0.3 is 0 Å². The average molecular weight is 273 g/mol. The Labute approximate surface area is 121 Å². The van der Waals surface area contributed by atoms with E-state index in [2.05, 4.69) is 31.3 Å². The molecule has 0 radical (unpaired) electrons. The number of benzene rings is 1. The first-order chi connectivity index (χ1) is 9.74. The molecule has 0 aliphatic heterocycles. The first-order valence-corrected chi connectivity index (χ1v) is 7.17. The molecule has 2 rings (SSSR count). The van der Waals surface area contributed by atoms with Crippen molar-refractivity contribution in [2.24, 2.45) is 0 Å². The summed E-state index contributed by atoms with van der Waals surface area (Å²) in [5.41, 5.74) is 2.50. The summed E-state index contributed by atoms with van der Waals surface area (Å²) in [5.74, 6) is 2.35. The first kappa shape index (κ1) is 14.7. The monoisotopic (exact) mass is 273 g/mol. The van der Waals surface area contributed by atoms with Crippen LogP contribution < -0.4 is 10.1 Å². The minimum absolute atomic E-state index is 0.465. The summed E-state index contributed by atoms with van der Waals surface area (Å²) < 4.78 is 11.2. The molecule has 3 nitrogen and oxygen atoms in total. The van der Waals surface area contributed by atoms with Gasteiger partial charge in [0.1, 0.15) is 18.1 Å². The quantitative estimate of drug-likeness (QED) is 0.825. The second-order valence-electron chi connectivity index (χ2n) is 5.07. The topological polar surface area (TPSA) is 34.4 Å². The summed E-state index contributed by atoms with van der Waals surface area (Å²) in [5, 5.41) is 3.12. The lowest BCUT2D eigenvalue weighted by Gasteiger charge is -2.10. The van der Waals surface area contributed by atoms with Gasteiger partial charge in [0, 0.05) is 12.1 Å². The second-order valence-corrected chi connectivity index (χ2v) is 5.07. The van der Waals surface area contributed by atoms with Crippen molar-refractivity contribution in [1.82, 2.24) is 5.32 Å². The molecule has 20 heavy (non-hydrogen) atoms. The predicted octanol–water partition coefficient (Wildman–Crippen LogP) is 4.09. The highest BCUT2D eigenvalue weighted by Crippen LogP contribution is 2.22. The van der Waals surface area contributed by atoms with Crippen LogP contribution in [-0.2, 0) is 13.2 Å². The molecule has 0 aliphatic rings. The fourth-order valence-electron chi connectivity index (χ4n) is 2.12. The number of hydrogen-bond donors (Lipinski definition) is 1. The van der Waals surface area contributed by atoms with Crippen molar-refractivity contribution in [3.8, 4) is 5.75 Å². The van der Waals surface area contributed by atoms with Crippen molar-refractivity contribution in [2.45, 2.75) is 39.3 Å². The Morgan fingerprint density at radius 1 is 1.20 bits per heavy atom. The maximum Gasteiger partial charge on any atom is 0.146 e. The molecule has 1 unspecified atom stereocenters. The zero-order chi connectivity index (χ0) is 14.4. The fraction of sp³-hybridized carbons (Fsp3) is 0.412. The molecule has 0 saturated heterocycles. The minimum atomic E-state index is 0.465. The van der Waals surface area contributed by atoms with Crippen LogP contribution in [0.3, 0.4) is 0 Å². The molecule has 1 aromatic heterocycles. The Morgan fingerprint density at radius 3 is 2.60 bits per heavy atom. The van der Waals surface area contributed by atoms with Gasteiger partial charge in [-0.1, -0.05) is 26.0 Å². The van der Waals surface area contributed by atoms with E-state index in [1.807, 2.05) is 25.2 Å². The van der Waals surface area contributed by atoms with E-state index in [0.717, 1.165) is 30.0 Å². The normalized spacial score (nSPS) is 12.3. The van der Waals surface area contributed by atoms with Gasteiger partial charge < -0.3 is 14.5 Å². The third kappa shape index (κ3) is 3.64. The SMILES string of the molecule is CCC(C)c1ccc(OCc2occc2CNC)cc1. The van der Waals surface area contributed by atoms with E-state index in [9.17, 15) is 0 Å². The van der Waals surface area contributed by atoms with Gasteiger partial charge in [-0.2, -0.15) is 0 Å². The molecule has 1 heterocycles. The molecule has 1 aromatic carbocycles. The van der Waals surface area contributed by atoms with Gasteiger partial charge in [0.25, 0.3) is 0 Å². The number of furan rings is 1. The second kappa shape index (κ2) is 7.15. The van der Waals surface area contributed by atoms with Crippen LogP contribution in [0.1, 0.15) is 43.1 Å². The van der Waals surface area contributed by atoms with Crippen LogP contribution in [0, 0.1) is 0 Å². The van der Waals surface area contributed by atoms with Crippen molar-refractivity contribution >= 4 is 0 Å². The first-order valence-electron chi connectivity index (χ1n) is 7.17. The molecule has 0 fully saturated rings. The van der Waals surface area contributed by atoms with Crippen LogP contribution in [-0.4, -0.2) is 7.05 Å². The zero-order valence-electron chi connectivity index (χ0n) is 12.5. The lowest BCUT2D eigenvalue weighted by molar-refractivity contribution is 0.268. The van der Waals surface area contributed by atoms with E-state index in [0.29, 0.717) is 12.5 Å². The highest BCUT2D eigenvalue weighted by Gasteiger charge is 2.07. The zero-order valence-corrected chi connectivity index (χ0v) is 12.5. The Kier molecular flexibility index (Phi) is 5.24. The Balaban J connectivity index is 1.95. The average Bonchev–Trinajstić information content (AvgIpc) is 2.92. The van der Waals surface area contributed by atoms with E-state index < -0.39 is 0 Å². The Bertz CT molecular complexity index is 516. The number of hydrogen-bond acceptors (Lipinski definition) is 3. The standard InChI is InChI=1S/C17H23NO2/c1-4-13(2)14-5-7-16(8-6-14)20-12-17-15(11-18-3)9-10-19-17/h5-10,13,18H,4,11-12H2,1-3H3. The van der Waals surface area contributed by atoms with Gasteiger partial charge in [0.15, 0.2) is 0 Å². The number of nitrogens with one attached hydrogen (secondary N) is 1. The van der Waals surface area contributed by atoms with Gasteiger partial charge in [-0.3, -0.25) is 0 Å². The smallest absolute Gasteiger partial charge is 0.146 e. The predicted molar refractivity (Wildman–Crippen MR) is 81.0 cm³/mol. The van der Waals surface area contributed by atoms with E-state index in [4.69, 9.17) is 9.15 Å². The van der Waals surface area contributed by atoms with Crippen LogP contribution in [0.2, 0.25) is 0 Å². The van der Waals surface area contributed by atoms with E-state index in [1.54, 1.807) is 6.26 Å². The Hall–Kier alpha value is -1.74. The third-order valence-corrected chi connectivity index (χ3v) is 3.64. The van der Waals surface area contributed by atoms with E-state index in [1.165, 1.54) is 5.56 Å². The molecule has 3 heteroatoms. The highest BCUT2D eigenvalue weighted by molar-refractivity contribution is 5.29. The molecule has 0 spiro atoms. The van der Waals surface area contributed by atoms with Gasteiger partial charge in [-0.05, 0) is 43.1 Å². The summed E-state index contributed by atoms with van der Waals surface area (Å²) in [6, 6.07) is 10.3. The fourth-order valence-corrected chi connectivity index (χ4v) is 2.12. The number of rotatable bonds is 7. The van der Waals surface area contributed by atoms with Crippen molar-refractivity contribution in [1.29, 1.82) is 0 Å². The minimum Gasteiger partial charge on any atom is -0.486 e. The van der Waals surface area contributed by atoms with Crippen LogP contribution in [0.15, 0.2) is 41.0 Å². The lowest BCUT2D eigenvalue weighted by Crippen LogP contribution is -2.07. The molecule has 0 bridgehead atoms. The molecule has 1 atom stereocenters. The molecular weight excluding hydrogens is 250 g/mol. The molecule has 0 saturated carbocycles. The van der Waals surface area contributed by atoms with Crippen molar-refractivity contribution in [2.75, 3.05) is 7.05 Å². The van der Waals surface area contributed by atoms with Crippen LogP contribution in [0.4, 0.5) is 0 Å². The summed E-state index contributed by atoms with van der Waals surface area (Å²) >= 11 is 0. The molecule has 0 aliphatic carbocycles. The summed E-state index contributed by atoms with van der Waals surface area (Å²) in [6.07, 6.45) is 2.86. The van der Waals surface area contributed by atoms with E-state index >= 15 is 0 Å². The van der Waals surface area contributed by atoms with E-state index in [-0.39, 0.29) is 0 Å². The van der Waals surface area contributed by atoms with Gasteiger partial charge in [-0.25, -0.2) is 0 Å². The van der Waals surface area contributed by atoms with Crippen LogP contribution in [0.25, 0.3) is 0 Å². The lowest BCUT2D eigenvalue weighted by atomic mass is 9.99. The van der Waals surface area contributed by atoms with Gasteiger partial charge in [0.2, 0.25) is 0 Å². The van der Waals surface area contributed by atoms with Crippen LogP contribution >= 0.6 is 0 Å². The number of ether oxygens (including phenoxy) is 1. The van der Waals surface area contributed by atoms with Gasteiger partial charge in [0.05, 0.1) is 6.26 Å². The molecule has 108 valence electrons. The molecule has 2 aromatic rings. The van der Waals surface area contributed by atoms with Crippen molar-refractivity contribution in [3.05, 3.63) is 53.5 Å². The molecular formula is C17H23NO2. The molecule has 0 amide bonds. The van der Waals surface area contributed by atoms with Crippen molar-refractivity contribution < 1.29 is 9.15 Å². The summed E-state index contributed by atoms with van der Waals surface area (Å²) in [7, 11) is 1.92. The highest BCUT2D eigenvalue weighted by atomic mass is 16.5.